The Bertz CT molecular complexity index is 570. The maximum atomic E-state index is 12.2. The summed E-state index contributed by atoms with van der Waals surface area (Å²) in [6.07, 6.45) is 1.64. The lowest BCUT2D eigenvalue weighted by molar-refractivity contribution is 0.622. The van der Waals surface area contributed by atoms with E-state index in [9.17, 15) is 4.79 Å². The number of thiophene rings is 1. The van der Waals surface area contributed by atoms with Gasteiger partial charge in [-0.05, 0) is 26.5 Å². The largest absolute Gasteiger partial charge is 0.318 e. The molecule has 0 bridgehead atoms. The highest BCUT2D eigenvalue weighted by molar-refractivity contribution is 7.18. The maximum absolute atomic E-state index is 12.2. The molecule has 5 heteroatoms. The molecule has 16 heavy (non-hydrogen) atoms. The molecule has 4 nitrogen and oxygen atoms in total. The molecule has 2 aromatic heterocycles. The van der Waals surface area contributed by atoms with Gasteiger partial charge in [0.1, 0.15) is 4.83 Å². The van der Waals surface area contributed by atoms with Gasteiger partial charge in [0.05, 0.1) is 11.7 Å². The highest BCUT2D eigenvalue weighted by Gasteiger charge is 2.11. The quantitative estimate of drug-likeness (QED) is 0.875. The summed E-state index contributed by atoms with van der Waals surface area (Å²) in [7, 11) is 1.87. The van der Waals surface area contributed by atoms with Crippen LogP contribution in [0, 0.1) is 13.8 Å². The Labute approximate surface area is 97.9 Å². The Hall–Kier alpha value is -1.20. The third kappa shape index (κ3) is 1.76. The number of hydrogen-bond donors (Lipinski definition) is 1. The Morgan fingerprint density at radius 1 is 1.50 bits per heavy atom. The van der Waals surface area contributed by atoms with Crippen molar-refractivity contribution in [1.29, 1.82) is 0 Å². The van der Waals surface area contributed by atoms with Gasteiger partial charge in [0.2, 0.25) is 0 Å². The molecule has 0 aliphatic heterocycles. The van der Waals surface area contributed by atoms with Crippen LogP contribution in [-0.4, -0.2) is 23.1 Å². The van der Waals surface area contributed by atoms with E-state index in [4.69, 9.17) is 0 Å². The van der Waals surface area contributed by atoms with Crippen molar-refractivity contribution in [1.82, 2.24) is 14.9 Å². The molecule has 0 aliphatic carbocycles. The summed E-state index contributed by atoms with van der Waals surface area (Å²) in [4.78, 5) is 18.5. The van der Waals surface area contributed by atoms with Gasteiger partial charge in [-0.2, -0.15) is 0 Å². The first-order valence-electron chi connectivity index (χ1n) is 5.25. The number of likely N-dealkylation sites (N-methyl/N-ethyl adjacent to an activating group) is 1. The highest BCUT2D eigenvalue weighted by Crippen LogP contribution is 2.25. The van der Waals surface area contributed by atoms with E-state index < -0.39 is 0 Å². The van der Waals surface area contributed by atoms with E-state index in [0.29, 0.717) is 6.54 Å². The Morgan fingerprint density at radius 2 is 2.25 bits per heavy atom. The van der Waals surface area contributed by atoms with E-state index in [1.807, 2.05) is 20.9 Å². The van der Waals surface area contributed by atoms with Crippen LogP contribution >= 0.6 is 11.3 Å². The van der Waals surface area contributed by atoms with Crippen LogP contribution in [0.3, 0.4) is 0 Å². The summed E-state index contributed by atoms with van der Waals surface area (Å²) in [5.41, 5.74) is 1.14. The average molecular weight is 237 g/mol. The van der Waals surface area contributed by atoms with E-state index >= 15 is 0 Å². The number of rotatable bonds is 3. The number of nitrogens with one attached hydrogen (secondary N) is 1. The molecule has 0 amide bonds. The van der Waals surface area contributed by atoms with Crippen LogP contribution < -0.4 is 10.9 Å². The molecule has 0 aromatic carbocycles. The second-order valence-corrected chi connectivity index (χ2v) is 5.01. The fourth-order valence-electron chi connectivity index (χ4n) is 1.66. The van der Waals surface area contributed by atoms with Crippen molar-refractivity contribution in [2.75, 3.05) is 13.6 Å². The van der Waals surface area contributed by atoms with Crippen molar-refractivity contribution >= 4 is 21.6 Å². The lowest BCUT2D eigenvalue weighted by Gasteiger charge is -2.04. The second-order valence-electron chi connectivity index (χ2n) is 3.81. The van der Waals surface area contributed by atoms with Crippen LogP contribution in [-0.2, 0) is 6.54 Å². The van der Waals surface area contributed by atoms with E-state index in [0.717, 1.165) is 22.3 Å². The summed E-state index contributed by atoms with van der Waals surface area (Å²) < 4.78 is 1.66. The zero-order valence-corrected chi connectivity index (χ0v) is 10.5. The molecular weight excluding hydrogens is 222 g/mol. The molecule has 0 saturated carbocycles. The number of fused-ring (bicyclic) bond motifs is 1. The van der Waals surface area contributed by atoms with Gasteiger partial charge in [0, 0.05) is 18.0 Å². The molecular formula is C11H15N3OS. The number of nitrogens with zero attached hydrogens (tertiary/aromatic N) is 2. The lowest BCUT2D eigenvalue weighted by Crippen LogP contribution is -2.25. The zero-order valence-electron chi connectivity index (χ0n) is 9.70. The lowest BCUT2D eigenvalue weighted by atomic mass is 10.2. The average Bonchev–Trinajstić information content (AvgIpc) is 2.55. The predicted octanol–water partition coefficient (Wildman–Crippen LogP) is 1.29. The molecule has 0 radical (unpaired) electrons. The molecule has 2 heterocycles. The molecule has 86 valence electrons. The molecule has 1 N–H and O–H groups in total. The molecule has 0 unspecified atom stereocenters. The summed E-state index contributed by atoms with van der Waals surface area (Å²) in [5.74, 6) is 0. The van der Waals surface area contributed by atoms with Gasteiger partial charge in [-0.25, -0.2) is 4.98 Å². The maximum Gasteiger partial charge on any atom is 0.262 e. The van der Waals surface area contributed by atoms with Crippen LogP contribution in [0.5, 0.6) is 0 Å². The first-order chi connectivity index (χ1) is 7.65. The van der Waals surface area contributed by atoms with Crippen LogP contribution in [0.25, 0.3) is 10.2 Å². The number of aryl methyl sites for hydroxylation is 2. The van der Waals surface area contributed by atoms with Crippen LogP contribution in [0.4, 0.5) is 0 Å². The SMILES string of the molecule is CNCCn1cnc2sc(C)c(C)c2c1=O. The Morgan fingerprint density at radius 3 is 2.94 bits per heavy atom. The molecule has 2 aromatic rings. The molecule has 0 atom stereocenters. The predicted molar refractivity (Wildman–Crippen MR) is 67.3 cm³/mol. The number of hydrogen-bond acceptors (Lipinski definition) is 4. The third-order valence-electron chi connectivity index (χ3n) is 2.76. The van der Waals surface area contributed by atoms with Crippen molar-refractivity contribution in [3.8, 4) is 0 Å². The van der Waals surface area contributed by atoms with Gasteiger partial charge >= 0.3 is 0 Å². The van der Waals surface area contributed by atoms with Gasteiger partial charge in [0.25, 0.3) is 5.56 Å². The Kier molecular flexibility index (Phi) is 3.07. The Balaban J connectivity index is 2.59. The summed E-state index contributed by atoms with van der Waals surface area (Å²) in [5, 5.41) is 3.81. The van der Waals surface area contributed by atoms with Gasteiger partial charge in [-0.3, -0.25) is 9.36 Å². The first kappa shape index (κ1) is 11.3. The zero-order chi connectivity index (χ0) is 11.7. The first-order valence-corrected chi connectivity index (χ1v) is 6.06. The highest BCUT2D eigenvalue weighted by atomic mass is 32.1. The van der Waals surface area contributed by atoms with E-state index in [1.165, 1.54) is 4.88 Å². The van der Waals surface area contributed by atoms with Gasteiger partial charge in [-0.15, -0.1) is 11.3 Å². The van der Waals surface area contributed by atoms with Crippen LogP contribution in [0.2, 0.25) is 0 Å². The summed E-state index contributed by atoms with van der Waals surface area (Å²) in [6, 6.07) is 0. The minimum Gasteiger partial charge on any atom is -0.318 e. The summed E-state index contributed by atoms with van der Waals surface area (Å²) >= 11 is 1.59. The van der Waals surface area contributed by atoms with E-state index in [2.05, 4.69) is 10.3 Å². The normalized spacial score (nSPS) is 11.2. The van der Waals surface area contributed by atoms with Crippen molar-refractivity contribution in [2.24, 2.45) is 0 Å². The fourth-order valence-corrected chi connectivity index (χ4v) is 2.65. The topological polar surface area (TPSA) is 46.9 Å². The van der Waals surface area contributed by atoms with Gasteiger partial charge in [-0.1, -0.05) is 0 Å². The van der Waals surface area contributed by atoms with Crippen LogP contribution in [0.1, 0.15) is 10.4 Å². The number of aromatic nitrogens is 2. The van der Waals surface area contributed by atoms with Crippen LogP contribution in [0.15, 0.2) is 11.1 Å². The van der Waals surface area contributed by atoms with Crippen molar-refractivity contribution in [3.63, 3.8) is 0 Å². The third-order valence-corrected chi connectivity index (χ3v) is 3.87. The molecule has 0 spiro atoms. The van der Waals surface area contributed by atoms with Gasteiger partial charge < -0.3 is 5.32 Å². The second kappa shape index (κ2) is 4.35. The fraction of sp³-hybridized carbons (Fsp3) is 0.455. The summed E-state index contributed by atoms with van der Waals surface area (Å²) in [6.45, 7) is 5.45. The van der Waals surface area contributed by atoms with E-state index in [1.54, 1.807) is 22.2 Å². The van der Waals surface area contributed by atoms with Crippen molar-refractivity contribution in [3.05, 3.63) is 27.1 Å². The molecule has 2 rings (SSSR count). The van der Waals surface area contributed by atoms with Crippen molar-refractivity contribution < 1.29 is 0 Å². The molecule has 0 aliphatic rings. The minimum absolute atomic E-state index is 0.0714. The molecule has 0 saturated heterocycles. The standard InChI is InChI=1S/C11H15N3OS/c1-7-8(2)16-10-9(7)11(15)14(6-13-10)5-4-12-3/h6,12H,4-5H2,1-3H3. The van der Waals surface area contributed by atoms with Crippen molar-refractivity contribution in [2.45, 2.75) is 20.4 Å². The smallest absolute Gasteiger partial charge is 0.262 e. The monoisotopic (exact) mass is 237 g/mol. The minimum atomic E-state index is 0.0714. The van der Waals surface area contributed by atoms with Gasteiger partial charge in [0.15, 0.2) is 0 Å². The van der Waals surface area contributed by atoms with E-state index in [-0.39, 0.29) is 5.56 Å². The molecule has 0 fully saturated rings.